The lowest BCUT2D eigenvalue weighted by Gasteiger charge is -2.39. The van der Waals surface area contributed by atoms with Crippen LogP contribution in [-0.4, -0.2) is 68.3 Å². The molecular formula is C20H23F3N4O3S. The van der Waals surface area contributed by atoms with Gasteiger partial charge in [-0.15, -0.1) is 0 Å². The van der Waals surface area contributed by atoms with Crippen LogP contribution in [0.15, 0.2) is 47.5 Å². The first-order valence-corrected chi connectivity index (χ1v) is 11.0. The van der Waals surface area contributed by atoms with Crippen molar-refractivity contribution in [1.82, 2.24) is 14.2 Å². The van der Waals surface area contributed by atoms with Crippen LogP contribution in [0.3, 0.4) is 0 Å². The number of sulfonamides is 1. The van der Waals surface area contributed by atoms with E-state index in [2.05, 4.69) is 4.98 Å². The lowest BCUT2D eigenvalue weighted by molar-refractivity contribution is -0.137. The molecule has 0 N–H and O–H groups in total. The highest BCUT2D eigenvalue weighted by atomic mass is 32.2. The van der Waals surface area contributed by atoms with Gasteiger partial charge in [-0.25, -0.2) is 8.42 Å². The number of halogens is 3. The van der Waals surface area contributed by atoms with E-state index in [4.69, 9.17) is 0 Å². The first kappa shape index (κ1) is 23.0. The summed E-state index contributed by atoms with van der Waals surface area (Å²) < 4.78 is 65.2. The second-order valence-electron chi connectivity index (χ2n) is 7.53. The third-order valence-electron chi connectivity index (χ3n) is 5.15. The van der Waals surface area contributed by atoms with Crippen molar-refractivity contribution in [3.8, 4) is 0 Å². The van der Waals surface area contributed by atoms with Gasteiger partial charge in [0.25, 0.3) is 5.91 Å². The molecule has 2 aromatic rings. The second kappa shape index (κ2) is 8.46. The minimum atomic E-state index is -4.54. The minimum absolute atomic E-state index is 0.0302. The normalized spacial score (nSPS) is 18.1. The highest BCUT2D eigenvalue weighted by molar-refractivity contribution is 7.89. The van der Waals surface area contributed by atoms with Crippen molar-refractivity contribution in [1.29, 1.82) is 0 Å². The zero-order chi connectivity index (χ0) is 23.0. The highest BCUT2D eigenvalue weighted by Gasteiger charge is 2.36. The number of rotatable bonds is 4. The number of hydrogen-bond acceptors (Lipinski definition) is 5. The molecule has 3 rings (SSSR count). The summed E-state index contributed by atoms with van der Waals surface area (Å²) >= 11 is 0. The lowest BCUT2D eigenvalue weighted by Crippen LogP contribution is -2.55. The molecule has 7 nitrogen and oxygen atoms in total. The van der Waals surface area contributed by atoms with E-state index >= 15 is 0 Å². The molecule has 1 aliphatic rings. The molecule has 1 aromatic heterocycles. The van der Waals surface area contributed by atoms with Gasteiger partial charge in [0, 0.05) is 51.7 Å². The number of pyridine rings is 1. The smallest absolute Gasteiger partial charge is 0.378 e. The van der Waals surface area contributed by atoms with Crippen molar-refractivity contribution < 1.29 is 26.4 Å². The second-order valence-corrected chi connectivity index (χ2v) is 9.46. The molecule has 0 spiro atoms. The van der Waals surface area contributed by atoms with Crippen molar-refractivity contribution in [3.63, 3.8) is 0 Å². The van der Waals surface area contributed by atoms with Gasteiger partial charge in [0.05, 0.1) is 10.5 Å². The third-order valence-corrected chi connectivity index (χ3v) is 7.03. The Labute approximate surface area is 179 Å². The van der Waals surface area contributed by atoms with Gasteiger partial charge in [-0.2, -0.15) is 17.5 Å². The standard InChI is InChI=1S/C20H23F3N4O3S/c1-14-13-26(31(29,30)17-6-4-15(5-7-17)20(21,22)23)10-11-27(14)19(28)18-12-16(25(2)3)8-9-24-18/h4-9,12,14H,10-11,13H2,1-3H3/t14-/m0/s1. The number of hydrogen-bond donors (Lipinski definition) is 0. The highest BCUT2D eigenvalue weighted by Crippen LogP contribution is 2.30. The van der Waals surface area contributed by atoms with Crippen LogP contribution in [0.5, 0.6) is 0 Å². The molecule has 0 bridgehead atoms. The van der Waals surface area contributed by atoms with Crippen molar-refractivity contribution >= 4 is 21.6 Å². The predicted molar refractivity (Wildman–Crippen MR) is 109 cm³/mol. The number of aromatic nitrogens is 1. The van der Waals surface area contributed by atoms with Crippen LogP contribution in [0, 0.1) is 0 Å². The van der Waals surface area contributed by atoms with E-state index in [1.165, 1.54) is 4.31 Å². The SMILES string of the molecule is C[C@H]1CN(S(=O)(=O)c2ccc(C(F)(F)F)cc2)CCN1C(=O)c1cc(N(C)C)ccn1. The average Bonchev–Trinajstić information content (AvgIpc) is 2.72. The van der Waals surface area contributed by atoms with Crippen LogP contribution in [0.1, 0.15) is 23.0 Å². The molecule has 0 radical (unpaired) electrons. The van der Waals surface area contributed by atoms with Gasteiger partial charge in [-0.3, -0.25) is 9.78 Å². The number of amides is 1. The summed E-state index contributed by atoms with van der Waals surface area (Å²) in [6.45, 7) is 1.94. The molecule has 2 heterocycles. The Bertz CT molecular complexity index is 1060. The lowest BCUT2D eigenvalue weighted by atomic mass is 10.2. The van der Waals surface area contributed by atoms with E-state index < -0.39 is 27.8 Å². The van der Waals surface area contributed by atoms with Gasteiger partial charge in [0.1, 0.15) is 5.69 Å². The van der Waals surface area contributed by atoms with Crippen molar-refractivity contribution in [2.24, 2.45) is 0 Å². The van der Waals surface area contributed by atoms with E-state index in [9.17, 15) is 26.4 Å². The molecule has 0 saturated carbocycles. The minimum Gasteiger partial charge on any atom is -0.378 e. The molecule has 1 amide bonds. The molecule has 1 aliphatic heterocycles. The maximum atomic E-state index is 12.9. The Morgan fingerprint density at radius 1 is 1.13 bits per heavy atom. The summed E-state index contributed by atoms with van der Waals surface area (Å²) in [5, 5.41) is 0. The number of carbonyl (C=O) groups is 1. The zero-order valence-electron chi connectivity index (χ0n) is 17.3. The predicted octanol–water partition coefficient (Wildman–Crippen LogP) is 2.70. The van der Waals surface area contributed by atoms with Gasteiger partial charge >= 0.3 is 6.18 Å². The third kappa shape index (κ3) is 4.82. The maximum absolute atomic E-state index is 12.9. The average molecular weight is 456 g/mol. The summed E-state index contributed by atoms with van der Waals surface area (Å²) in [4.78, 5) is 20.2. The van der Waals surface area contributed by atoms with Crippen LogP contribution in [0.25, 0.3) is 0 Å². The molecule has 0 unspecified atom stereocenters. The first-order chi connectivity index (χ1) is 14.4. The van der Waals surface area contributed by atoms with Gasteiger partial charge in [-0.1, -0.05) is 0 Å². The number of carbonyl (C=O) groups excluding carboxylic acids is 1. The van der Waals surface area contributed by atoms with Crippen molar-refractivity contribution in [3.05, 3.63) is 53.9 Å². The quantitative estimate of drug-likeness (QED) is 0.708. The number of benzene rings is 1. The van der Waals surface area contributed by atoms with Gasteiger partial charge in [0.15, 0.2) is 0 Å². The van der Waals surface area contributed by atoms with E-state index in [0.29, 0.717) is 0 Å². The van der Waals surface area contributed by atoms with E-state index in [0.717, 1.165) is 30.0 Å². The molecule has 31 heavy (non-hydrogen) atoms. The fraction of sp³-hybridized carbons (Fsp3) is 0.400. The van der Waals surface area contributed by atoms with Crippen LogP contribution in [0.4, 0.5) is 18.9 Å². The zero-order valence-corrected chi connectivity index (χ0v) is 18.1. The van der Waals surface area contributed by atoms with E-state index in [-0.39, 0.29) is 36.1 Å². The molecule has 1 aromatic carbocycles. The van der Waals surface area contributed by atoms with Crippen molar-refractivity contribution in [2.75, 3.05) is 38.6 Å². The summed E-state index contributed by atoms with van der Waals surface area (Å²) in [5.74, 6) is -0.303. The largest absolute Gasteiger partial charge is 0.416 e. The Balaban J connectivity index is 1.74. The van der Waals surface area contributed by atoms with E-state index in [1.54, 1.807) is 30.2 Å². The Morgan fingerprint density at radius 3 is 2.32 bits per heavy atom. The Kier molecular flexibility index (Phi) is 6.28. The summed E-state index contributed by atoms with van der Waals surface area (Å²) in [6.07, 6.45) is -3.00. The summed E-state index contributed by atoms with van der Waals surface area (Å²) in [5.41, 5.74) is 0.161. The molecule has 11 heteroatoms. The molecule has 1 saturated heterocycles. The molecule has 1 atom stereocenters. The fourth-order valence-electron chi connectivity index (χ4n) is 3.37. The monoisotopic (exact) mass is 456 g/mol. The molecule has 1 fully saturated rings. The van der Waals surface area contributed by atoms with Crippen LogP contribution in [0.2, 0.25) is 0 Å². The number of nitrogens with zero attached hydrogens (tertiary/aromatic N) is 4. The molecular weight excluding hydrogens is 433 g/mol. The summed E-state index contributed by atoms with van der Waals surface area (Å²) in [7, 11) is -0.295. The van der Waals surface area contributed by atoms with Crippen molar-refractivity contribution in [2.45, 2.75) is 24.0 Å². The number of alkyl halides is 3. The molecule has 168 valence electrons. The van der Waals surface area contributed by atoms with Crippen LogP contribution >= 0.6 is 0 Å². The van der Waals surface area contributed by atoms with Gasteiger partial charge in [0.2, 0.25) is 10.0 Å². The van der Waals surface area contributed by atoms with Gasteiger partial charge in [-0.05, 0) is 43.3 Å². The van der Waals surface area contributed by atoms with Gasteiger partial charge < -0.3 is 9.80 Å². The summed E-state index contributed by atoms with van der Waals surface area (Å²) in [6, 6.07) is 6.41. The number of anilines is 1. The van der Waals surface area contributed by atoms with E-state index in [1.807, 2.05) is 19.0 Å². The van der Waals surface area contributed by atoms with Crippen LogP contribution < -0.4 is 4.90 Å². The maximum Gasteiger partial charge on any atom is 0.416 e. The number of piperazine rings is 1. The Morgan fingerprint density at radius 2 is 1.77 bits per heavy atom. The molecule has 0 aliphatic carbocycles. The van der Waals surface area contributed by atoms with Crippen LogP contribution in [-0.2, 0) is 16.2 Å². The topological polar surface area (TPSA) is 73.8 Å². The first-order valence-electron chi connectivity index (χ1n) is 9.53. The fourth-order valence-corrected chi connectivity index (χ4v) is 4.88. The Hall–Kier alpha value is -2.66.